The zero-order valence-electron chi connectivity index (χ0n) is 12.0. The van der Waals surface area contributed by atoms with E-state index in [2.05, 4.69) is 4.72 Å². The average Bonchev–Trinajstić information content (AvgIpc) is 2.87. The maximum Gasteiger partial charge on any atom is 0.232 e. The minimum absolute atomic E-state index is 0.0335. The predicted molar refractivity (Wildman–Crippen MR) is 80.4 cm³/mol. The van der Waals surface area contributed by atoms with Gasteiger partial charge in [-0.25, -0.2) is 8.42 Å². The van der Waals surface area contributed by atoms with Crippen LogP contribution in [0.4, 0.5) is 5.69 Å². The van der Waals surface area contributed by atoms with E-state index in [1.165, 1.54) is 0 Å². The van der Waals surface area contributed by atoms with Gasteiger partial charge in [0.1, 0.15) is 0 Å². The van der Waals surface area contributed by atoms with Gasteiger partial charge >= 0.3 is 0 Å². The van der Waals surface area contributed by atoms with Crippen LogP contribution in [0.2, 0.25) is 0 Å². The number of hydrogen-bond donors (Lipinski definition) is 1. The van der Waals surface area contributed by atoms with E-state index in [9.17, 15) is 13.2 Å². The van der Waals surface area contributed by atoms with Crippen molar-refractivity contribution in [3.8, 4) is 0 Å². The first-order chi connectivity index (χ1) is 9.36. The Hall–Kier alpha value is -1.36. The van der Waals surface area contributed by atoms with Crippen molar-refractivity contribution in [3.63, 3.8) is 0 Å². The molecule has 1 aliphatic carbocycles. The van der Waals surface area contributed by atoms with E-state index < -0.39 is 10.0 Å². The molecule has 1 aromatic carbocycles. The maximum absolute atomic E-state index is 12.5. The summed E-state index contributed by atoms with van der Waals surface area (Å²) >= 11 is 0. The minimum Gasteiger partial charge on any atom is -0.294 e. The minimum atomic E-state index is -3.27. The number of ketones is 1. The summed E-state index contributed by atoms with van der Waals surface area (Å²) in [5.74, 6) is 0.200. The van der Waals surface area contributed by atoms with Gasteiger partial charge < -0.3 is 0 Å². The second-order valence-electron chi connectivity index (χ2n) is 5.68. The number of carbonyl (C=O) groups excluding carboxylic acids is 1. The Bertz CT molecular complexity index is 584. The van der Waals surface area contributed by atoms with Gasteiger partial charge in [0.05, 0.1) is 5.75 Å². The molecule has 110 valence electrons. The molecule has 0 heterocycles. The lowest BCUT2D eigenvalue weighted by atomic mass is 9.81. The SMILES string of the molecule is CCS(=O)(=O)Nc1ccc(C(=O)C2(C)CCCC2)cc1. The first-order valence-corrected chi connectivity index (χ1v) is 8.67. The molecule has 1 saturated carbocycles. The molecule has 0 saturated heterocycles. The first-order valence-electron chi connectivity index (χ1n) is 7.02. The van der Waals surface area contributed by atoms with Gasteiger partial charge in [-0.1, -0.05) is 19.8 Å². The molecule has 0 aliphatic heterocycles. The zero-order valence-corrected chi connectivity index (χ0v) is 12.8. The number of Topliss-reactive ketones (excluding diaryl/α,β-unsaturated/α-hetero) is 1. The molecule has 0 spiro atoms. The van der Waals surface area contributed by atoms with Crippen LogP contribution in [-0.2, 0) is 10.0 Å². The number of nitrogens with one attached hydrogen (secondary N) is 1. The van der Waals surface area contributed by atoms with Gasteiger partial charge in [-0.05, 0) is 44.0 Å². The summed E-state index contributed by atoms with van der Waals surface area (Å²) in [6.45, 7) is 3.61. The molecular weight excluding hydrogens is 274 g/mol. The molecule has 1 aromatic rings. The first kappa shape index (κ1) is 15.0. The summed E-state index contributed by atoms with van der Waals surface area (Å²) in [6, 6.07) is 6.72. The highest BCUT2D eigenvalue weighted by molar-refractivity contribution is 7.92. The lowest BCUT2D eigenvalue weighted by Crippen LogP contribution is -2.24. The number of benzene rings is 1. The summed E-state index contributed by atoms with van der Waals surface area (Å²) in [5.41, 5.74) is 0.915. The van der Waals surface area contributed by atoms with E-state index in [4.69, 9.17) is 0 Å². The van der Waals surface area contributed by atoms with Gasteiger partial charge in [0.15, 0.2) is 5.78 Å². The quantitative estimate of drug-likeness (QED) is 0.848. The molecule has 0 amide bonds. The number of sulfonamides is 1. The van der Waals surface area contributed by atoms with Crippen LogP contribution in [0.1, 0.15) is 49.9 Å². The largest absolute Gasteiger partial charge is 0.294 e. The van der Waals surface area contributed by atoms with E-state index >= 15 is 0 Å². The normalized spacial score (nSPS) is 17.9. The Morgan fingerprint density at radius 3 is 2.25 bits per heavy atom. The van der Waals surface area contributed by atoms with Gasteiger partial charge in [0.2, 0.25) is 10.0 Å². The molecule has 0 unspecified atom stereocenters. The average molecular weight is 295 g/mol. The van der Waals surface area contributed by atoms with E-state index in [0.29, 0.717) is 11.3 Å². The smallest absolute Gasteiger partial charge is 0.232 e. The lowest BCUT2D eigenvalue weighted by Gasteiger charge is -2.21. The van der Waals surface area contributed by atoms with E-state index in [1.807, 2.05) is 6.92 Å². The van der Waals surface area contributed by atoms with Crippen molar-refractivity contribution < 1.29 is 13.2 Å². The standard InChI is InChI=1S/C15H21NO3S/c1-3-20(18,19)16-13-8-6-12(7-9-13)14(17)15(2)10-4-5-11-15/h6-9,16H,3-5,10-11H2,1-2H3. The van der Waals surface area contributed by atoms with Crippen molar-refractivity contribution >= 4 is 21.5 Å². The summed E-state index contributed by atoms with van der Waals surface area (Å²) in [5, 5.41) is 0. The van der Waals surface area contributed by atoms with Crippen LogP contribution >= 0.6 is 0 Å². The number of carbonyl (C=O) groups is 1. The number of anilines is 1. The summed E-state index contributed by atoms with van der Waals surface area (Å²) < 4.78 is 25.4. The third kappa shape index (κ3) is 3.20. The molecule has 5 heteroatoms. The highest BCUT2D eigenvalue weighted by Gasteiger charge is 2.36. The van der Waals surface area contributed by atoms with Crippen molar-refractivity contribution in [1.29, 1.82) is 0 Å². The Morgan fingerprint density at radius 2 is 1.75 bits per heavy atom. The molecule has 0 radical (unpaired) electrons. The van der Waals surface area contributed by atoms with Crippen molar-refractivity contribution in [2.75, 3.05) is 10.5 Å². The van der Waals surface area contributed by atoms with Crippen molar-refractivity contribution in [3.05, 3.63) is 29.8 Å². The molecule has 20 heavy (non-hydrogen) atoms. The zero-order chi connectivity index (χ0) is 14.8. The second kappa shape index (κ2) is 5.56. The van der Waals surface area contributed by atoms with Crippen molar-refractivity contribution in [2.45, 2.75) is 39.5 Å². The molecular formula is C15H21NO3S. The molecule has 1 fully saturated rings. The van der Waals surface area contributed by atoms with Crippen LogP contribution in [0.3, 0.4) is 0 Å². The topological polar surface area (TPSA) is 63.2 Å². The third-order valence-electron chi connectivity index (χ3n) is 4.06. The van der Waals surface area contributed by atoms with Crippen LogP contribution in [0.5, 0.6) is 0 Å². The fourth-order valence-electron chi connectivity index (χ4n) is 2.67. The highest BCUT2D eigenvalue weighted by atomic mass is 32.2. The van der Waals surface area contributed by atoms with Crippen LogP contribution in [0.15, 0.2) is 24.3 Å². The third-order valence-corrected chi connectivity index (χ3v) is 5.36. The number of rotatable bonds is 5. The van der Waals surface area contributed by atoms with Gasteiger partial charge in [0, 0.05) is 16.7 Å². The summed E-state index contributed by atoms with van der Waals surface area (Å²) in [4.78, 5) is 12.5. The van der Waals surface area contributed by atoms with E-state index in [-0.39, 0.29) is 17.0 Å². The van der Waals surface area contributed by atoms with Crippen molar-refractivity contribution in [2.24, 2.45) is 5.41 Å². The van der Waals surface area contributed by atoms with Crippen molar-refractivity contribution in [1.82, 2.24) is 0 Å². The molecule has 0 aromatic heterocycles. The van der Waals surface area contributed by atoms with Gasteiger partial charge in [-0.2, -0.15) is 0 Å². The monoisotopic (exact) mass is 295 g/mol. The van der Waals surface area contributed by atoms with Crippen LogP contribution in [0.25, 0.3) is 0 Å². The Balaban J connectivity index is 2.14. The summed E-state index contributed by atoms with van der Waals surface area (Å²) in [6.07, 6.45) is 4.10. The fourth-order valence-corrected chi connectivity index (χ4v) is 3.31. The molecule has 2 rings (SSSR count). The van der Waals surface area contributed by atoms with E-state index in [1.54, 1.807) is 31.2 Å². The second-order valence-corrected chi connectivity index (χ2v) is 7.69. The van der Waals surface area contributed by atoms with Crippen LogP contribution < -0.4 is 4.72 Å². The van der Waals surface area contributed by atoms with Gasteiger partial charge in [-0.15, -0.1) is 0 Å². The van der Waals surface area contributed by atoms with Crippen LogP contribution in [0, 0.1) is 5.41 Å². The Morgan fingerprint density at radius 1 is 1.20 bits per heavy atom. The maximum atomic E-state index is 12.5. The fraction of sp³-hybridized carbons (Fsp3) is 0.533. The molecule has 4 nitrogen and oxygen atoms in total. The van der Waals surface area contributed by atoms with E-state index in [0.717, 1.165) is 25.7 Å². The molecule has 0 atom stereocenters. The summed E-state index contributed by atoms with van der Waals surface area (Å²) in [7, 11) is -3.27. The Labute approximate surface area is 120 Å². The number of hydrogen-bond acceptors (Lipinski definition) is 3. The van der Waals surface area contributed by atoms with Gasteiger partial charge in [0.25, 0.3) is 0 Å². The Kier molecular flexibility index (Phi) is 4.18. The molecule has 1 aliphatic rings. The molecule has 1 N–H and O–H groups in total. The lowest BCUT2D eigenvalue weighted by molar-refractivity contribution is 0.0823. The molecule has 0 bridgehead atoms. The van der Waals surface area contributed by atoms with Crippen LogP contribution in [-0.4, -0.2) is 20.0 Å². The predicted octanol–water partition coefficient (Wildman–Crippen LogP) is 3.21. The van der Waals surface area contributed by atoms with Gasteiger partial charge in [-0.3, -0.25) is 9.52 Å². The highest BCUT2D eigenvalue weighted by Crippen LogP contribution is 2.40.